The highest BCUT2D eigenvalue weighted by Crippen LogP contribution is 2.15. The predicted molar refractivity (Wildman–Crippen MR) is 91.9 cm³/mol. The molecule has 1 aromatic carbocycles. The number of rotatable bonds is 7. The van der Waals surface area contributed by atoms with Gasteiger partial charge in [-0.1, -0.05) is 51.1 Å². The van der Waals surface area contributed by atoms with Gasteiger partial charge in [-0.3, -0.25) is 0 Å². The molecular formula is C18H26N4O. The zero-order valence-corrected chi connectivity index (χ0v) is 14.1. The quantitative estimate of drug-likeness (QED) is 0.822. The third kappa shape index (κ3) is 5.13. The summed E-state index contributed by atoms with van der Waals surface area (Å²) in [6.45, 7) is 7.77. The van der Waals surface area contributed by atoms with Gasteiger partial charge in [0.25, 0.3) is 0 Å². The minimum Gasteiger partial charge on any atom is -0.333 e. The molecule has 23 heavy (non-hydrogen) atoms. The first-order valence-electron chi connectivity index (χ1n) is 8.18. The van der Waals surface area contributed by atoms with Gasteiger partial charge < -0.3 is 15.2 Å². The van der Waals surface area contributed by atoms with Crippen LogP contribution in [-0.4, -0.2) is 15.6 Å². The van der Waals surface area contributed by atoms with Crippen LogP contribution in [0.15, 0.2) is 42.9 Å². The lowest BCUT2D eigenvalue weighted by Crippen LogP contribution is -2.37. The average molecular weight is 314 g/mol. The second kappa shape index (κ2) is 8.36. The number of benzene rings is 1. The van der Waals surface area contributed by atoms with Crippen LogP contribution in [0.3, 0.4) is 0 Å². The van der Waals surface area contributed by atoms with Crippen LogP contribution in [-0.2, 0) is 13.1 Å². The lowest BCUT2D eigenvalue weighted by Gasteiger charge is -2.18. The van der Waals surface area contributed by atoms with Gasteiger partial charge in [-0.25, -0.2) is 9.78 Å². The molecule has 0 radical (unpaired) electrons. The van der Waals surface area contributed by atoms with Gasteiger partial charge in [-0.05, 0) is 17.9 Å². The fraction of sp³-hybridized carbons (Fsp3) is 0.444. The Morgan fingerprint density at radius 1 is 1.26 bits per heavy atom. The Labute approximate surface area is 138 Å². The van der Waals surface area contributed by atoms with Crippen molar-refractivity contribution >= 4 is 6.03 Å². The fourth-order valence-electron chi connectivity index (χ4n) is 2.54. The Morgan fingerprint density at radius 2 is 2.00 bits per heavy atom. The van der Waals surface area contributed by atoms with E-state index in [4.69, 9.17) is 0 Å². The lowest BCUT2D eigenvalue weighted by molar-refractivity contribution is 0.236. The maximum atomic E-state index is 12.2. The largest absolute Gasteiger partial charge is 0.333 e. The molecule has 2 aromatic rings. The Bertz CT molecular complexity index is 606. The Morgan fingerprint density at radius 3 is 2.65 bits per heavy atom. The van der Waals surface area contributed by atoms with Crippen molar-refractivity contribution in [3.8, 4) is 0 Å². The highest BCUT2D eigenvalue weighted by Gasteiger charge is 2.12. The number of hydrogen-bond acceptors (Lipinski definition) is 2. The Hall–Kier alpha value is -2.30. The molecule has 5 heteroatoms. The van der Waals surface area contributed by atoms with Gasteiger partial charge in [-0.2, -0.15) is 0 Å². The van der Waals surface area contributed by atoms with Crippen LogP contribution in [0.4, 0.5) is 4.79 Å². The number of imidazole rings is 1. The van der Waals surface area contributed by atoms with Gasteiger partial charge in [0.15, 0.2) is 0 Å². The molecule has 0 bridgehead atoms. The zero-order valence-electron chi connectivity index (χ0n) is 14.1. The number of amides is 2. The smallest absolute Gasteiger partial charge is 0.315 e. The SMILES string of the molecule is CC[C@@H](NC(=O)NCc1cncn1CC(C)C)c1ccccc1. The predicted octanol–water partition coefficient (Wildman–Crippen LogP) is 3.49. The van der Waals surface area contributed by atoms with Crippen molar-refractivity contribution in [2.45, 2.75) is 46.3 Å². The van der Waals surface area contributed by atoms with Gasteiger partial charge >= 0.3 is 6.03 Å². The molecule has 1 aromatic heterocycles. The van der Waals surface area contributed by atoms with Gasteiger partial charge in [0.05, 0.1) is 24.6 Å². The van der Waals surface area contributed by atoms with E-state index in [9.17, 15) is 4.79 Å². The van der Waals surface area contributed by atoms with Crippen molar-refractivity contribution < 1.29 is 4.79 Å². The molecule has 0 aliphatic carbocycles. The number of carbonyl (C=O) groups is 1. The van der Waals surface area contributed by atoms with Crippen molar-refractivity contribution in [3.63, 3.8) is 0 Å². The van der Waals surface area contributed by atoms with Crippen LogP contribution in [0.2, 0.25) is 0 Å². The maximum Gasteiger partial charge on any atom is 0.315 e. The molecule has 1 heterocycles. The van der Waals surface area contributed by atoms with E-state index in [0.29, 0.717) is 12.5 Å². The maximum absolute atomic E-state index is 12.2. The van der Waals surface area contributed by atoms with Crippen molar-refractivity contribution in [2.24, 2.45) is 5.92 Å². The van der Waals surface area contributed by atoms with E-state index < -0.39 is 0 Å². The molecule has 1 atom stereocenters. The molecule has 0 spiro atoms. The van der Waals surface area contributed by atoms with E-state index in [1.54, 1.807) is 6.20 Å². The molecule has 0 aliphatic rings. The molecule has 0 unspecified atom stereocenters. The summed E-state index contributed by atoms with van der Waals surface area (Å²) in [7, 11) is 0. The molecule has 2 amide bonds. The minimum atomic E-state index is -0.155. The normalized spacial score (nSPS) is 12.2. The van der Waals surface area contributed by atoms with E-state index in [0.717, 1.165) is 24.2 Å². The van der Waals surface area contributed by atoms with E-state index in [1.807, 2.05) is 36.7 Å². The lowest BCUT2D eigenvalue weighted by atomic mass is 10.1. The van der Waals surface area contributed by atoms with Crippen LogP contribution in [0, 0.1) is 5.92 Å². The molecule has 5 nitrogen and oxygen atoms in total. The first kappa shape index (κ1) is 17.1. The first-order chi connectivity index (χ1) is 11.1. The third-order valence-electron chi connectivity index (χ3n) is 3.71. The monoisotopic (exact) mass is 314 g/mol. The summed E-state index contributed by atoms with van der Waals surface area (Å²) in [6, 6.07) is 9.89. The molecule has 2 rings (SSSR count). The summed E-state index contributed by atoms with van der Waals surface area (Å²) in [5.74, 6) is 0.541. The molecule has 0 fully saturated rings. The highest BCUT2D eigenvalue weighted by molar-refractivity contribution is 5.74. The Balaban J connectivity index is 1.89. The molecule has 0 aliphatic heterocycles. The summed E-state index contributed by atoms with van der Waals surface area (Å²) in [4.78, 5) is 16.3. The molecule has 2 N–H and O–H groups in total. The van der Waals surface area contributed by atoms with Gasteiger partial charge in [-0.15, -0.1) is 0 Å². The minimum absolute atomic E-state index is 0.0248. The van der Waals surface area contributed by atoms with E-state index in [1.165, 1.54) is 0 Å². The summed E-state index contributed by atoms with van der Waals surface area (Å²) >= 11 is 0. The van der Waals surface area contributed by atoms with Gasteiger partial charge in [0.1, 0.15) is 0 Å². The summed E-state index contributed by atoms with van der Waals surface area (Å²) in [6.07, 6.45) is 4.47. The number of nitrogens with one attached hydrogen (secondary N) is 2. The Kier molecular flexibility index (Phi) is 6.20. The average Bonchev–Trinajstić information content (AvgIpc) is 2.98. The van der Waals surface area contributed by atoms with Crippen LogP contribution < -0.4 is 10.6 Å². The number of nitrogens with zero attached hydrogens (tertiary/aromatic N) is 2. The highest BCUT2D eigenvalue weighted by atomic mass is 16.2. The number of hydrogen-bond donors (Lipinski definition) is 2. The zero-order chi connectivity index (χ0) is 16.7. The number of carbonyl (C=O) groups excluding carboxylic acids is 1. The van der Waals surface area contributed by atoms with E-state index in [2.05, 4.69) is 41.0 Å². The molecule has 0 saturated carbocycles. The van der Waals surface area contributed by atoms with E-state index >= 15 is 0 Å². The van der Waals surface area contributed by atoms with Crippen LogP contribution in [0.25, 0.3) is 0 Å². The number of urea groups is 1. The summed E-state index contributed by atoms with van der Waals surface area (Å²) in [5.41, 5.74) is 2.14. The van der Waals surface area contributed by atoms with E-state index in [-0.39, 0.29) is 12.1 Å². The third-order valence-corrected chi connectivity index (χ3v) is 3.71. The van der Waals surface area contributed by atoms with Gasteiger partial charge in [0.2, 0.25) is 0 Å². The summed E-state index contributed by atoms with van der Waals surface area (Å²) in [5, 5.41) is 5.95. The first-order valence-corrected chi connectivity index (χ1v) is 8.18. The standard InChI is InChI=1S/C18H26N4O/c1-4-17(15-8-6-5-7-9-15)21-18(23)20-11-16-10-19-13-22(16)12-14(2)3/h5-10,13-14,17H,4,11-12H2,1-3H3,(H2,20,21,23)/t17-/m1/s1. The van der Waals surface area contributed by atoms with Crippen LogP contribution in [0.5, 0.6) is 0 Å². The van der Waals surface area contributed by atoms with Crippen molar-refractivity contribution in [1.82, 2.24) is 20.2 Å². The topological polar surface area (TPSA) is 59.0 Å². The second-order valence-electron chi connectivity index (χ2n) is 6.13. The van der Waals surface area contributed by atoms with Crippen molar-refractivity contribution in [2.75, 3.05) is 0 Å². The summed E-state index contributed by atoms with van der Waals surface area (Å²) < 4.78 is 2.08. The fourth-order valence-corrected chi connectivity index (χ4v) is 2.54. The molecule has 0 saturated heterocycles. The van der Waals surface area contributed by atoms with Crippen LogP contribution in [0.1, 0.15) is 44.5 Å². The number of aromatic nitrogens is 2. The second-order valence-corrected chi connectivity index (χ2v) is 6.13. The van der Waals surface area contributed by atoms with Crippen LogP contribution >= 0.6 is 0 Å². The molecular weight excluding hydrogens is 288 g/mol. The van der Waals surface area contributed by atoms with Crippen molar-refractivity contribution in [3.05, 3.63) is 54.1 Å². The van der Waals surface area contributed by atoms with Gasteiger partial charge in [0, 0.05) is 12.7 Å². The van der Waals surface area contributed by atoms with Crippen molar-refractivity contribution in [1.29, 1.82) is 0 Å². The molecule has 124 valence electrons.